The molecule has 1 aliphatic heterocycles. The molecule has 0 aromatic heterocycles. The highest BCUT2D eigenvalue weighted by Gasteiger charge is 2.36. The molecule has 5 heteroatoms. The Labute approximate surface area is 96.1 Å². The second kappa shape index (κ2) is 4.16. The van der Waals surface area contributed by atoms with Crippen LogP contribution < -0.4 is 5.73 Å². The van der Waals surface area contributed by atoms with E-state index in [2.05, 4.69) is 0 Å². The first-order valence-electron chi connectivity index (χ1n) is 5.36. The smallest absolute Gasteiger partial charge is 0.243 e. The lowest BCUT2D eigenvalue weighted by atomic mass is 10.2. The Hall–Kier alpha value is -0.910. The fraction of sp³-hybridized carbons (Fsp3) is 0.455. The summed E-state index contributed by atoms with van der Waals surface area (Å²) < 4.78 is 26.0. The van der Waals surface area contributed by atoms with E-state index in [1.165, 1.54) is 4.31 Å². The molecule has 0 bridgehead atoms. The zero-order chi connectivity index (χ0) is 11.8. The highest BCUT2D eigenvalue weighted by Crippen LogP contribution is 2.24. The highest BCUT2D eigenvalue weighted by molar-refractivity contribution is 7.89. The molecule has 2 unspecified atom stereocenters. The highest BCUT2D eigenvalue weighted by atomic mass is 32.2. The van der Waals surface area contributed by atoms with Gasteiger partial charge in [0.15, 0.2) is 0 Å². The van der Waals surface area contributed by atoms with Gasteiger partial charge in [0.25, 0.3) is 0 Å². The summed E-state index contributed by atoms with van der Waals surface area (Å²) in [6.07, 6.45) is 0.729. The molecule has 16 heavy (non-hydrogen) atoms. The fourth-order valence-electron chi connectivity index (χ4n) is 2.00. The largest absolute Gasteiger partial charge is 0.326 e. The van der Waals surface area contributed by atoms with Gasteiger partial charge in [-0.25, -0.2) is 8.42 Å². The molecule has 1 aromatic rings. The predicted octanol–water partition coefficient (Wildman–Crippen LogP) is 0.797. The van der Waals surface area contributed by atoms with Crippen molar-refractivity contribution in [1.82, 2.24) is 4.31 Å². The summed E-state index contributed by atoms with van der Waals surface area (Å²) in [4.78, 5) is 0.343. The molecule has 0 spiro atoms. The van der Waals surface area contributed by atoms with Crippen LogP contribution in [0.5, 0.6) is 0 Å². The number of benzene rings is 1. The third-order valence-corrected chi connectivity index (χ3v) is 5.11. The summed E-state index contributed by atoms with van der Waals surface area (Å²) in [5.74, 6) is 0. The van der Waals surface area contributed by atoms with Gasteiger partial charge in [0.1, 0.15) is 0 Å². The van der Waals surface area contributed by atoms with Crippen LogP contribution in [0.25, 0.3) is 0 Å². The van der Waals surface area contributed by atoms with Crippen molar-refractivity contribution in [3.63, 3.8) is 0 Å². The van der Waals surface area contributed by atoms with E-state index < -0.39 is 10.0 Å². The van der Waals surface area contributed by atoms with E-state index in [1.807, 2.05) is 6.92 Å². The van der Waals surface area contributed by atoms with Crippen molar-refractivity contribution in [2.24, 2.45) is 5.73 Å². The Morgan fingerprint density at radius 3 is 2.44 bits per heavy atom. The van der Waals surface area contributed by atoms with Crippen LogP contribution >= 0.6 is 0 Å². The van der Waals surface area contributed by atoms with Gasteiger partial charge in [0, 0.05) is 18.6 Å². The second-order valence-corrected chi connectivity index (χ2v) is 6.01. The molecule has 1 aliphatic rings. The maximum Gasteiger partial charge on any atom is 0.243 e. The zero-order valence-electron chi connectivity index (χ0n) is 9.20. The summed E-state index contributed by atoms with van der Waals surface area (Å²) in [6, 6.07) is 8.32. The molecule has 1 saturated heterocycles. The van der Waals surface area contributed by atoms with E-state index in [-0.39, 0.29) is 12.1 Å². The standard InChI is InChI=1S/C11H16N2O2S/c1-9-11(12)7-8-13(9)16(14,15)10-5-3-2-4-6-10/h2-6,9,11H,7-8,12H2,1H3. The maximum atomic E-state index is 12.3. The lowest BCUT2D eigenvalue weighted by Crippen LogP contribution is -2.40. The van der Waals surface area contributed by atoms with Crippen molar-refractivity contribution in [1.29, 1.82) is 0 Å². The van der Waals surface area contributed by atoms with Gasteiger partial charge in [0.2, 0.25) is 10.0 Å². The molecule has 0 radical (unpaired) electrons. The number of hydrogen-bond donors (Lipinski definition) is 1. The quantitative estimate of drug-likeness (QED) is 0.831. The first-order chi connectivity index (χ1) is 7.53. The molecule has 1 heterocycles. The van der Waals surface area contributed by atoms with E-state index in [4.69, 9.17) is 5.73 Å². The normalized spacial score (nSPS) is 27.1. The Balaban J connectivity index is 2.34. The summed E-state index contributed by atoms with van der Waals surface area (Å²) >= 11 is 0. The van der Waals surface area contributed by atoms with Crippen LogP contribution in [0.4, 0.5) is 0 Å². The number of hydrogen-bond acceptors (Lipinski definition) is 3. The maximum absolute atomic E-state index is 12.3. The number of nitrogens with zero attached hydrogens (tertiary/aromatic N) is 1. The van der Waals surface area contributed by atoms with Gasteiger partial charge in [0.05, 0.1) is 4.90 Å². The van der Waals surface area contributed by atoms with Crippen molar-refractivity contribution in [2.75, 3.05) is 6.54 Å². The molecule has 2 N–H and O–H groups in total. The second-order valence-electron chi connectivity index (χ2n) is 4.12. The van der Waals surface area contributed by atoms with Crippen LogP contribution in [-0.4, -0.2) is 31.4 Å². The van der Waals surface area contributed by atoms with Gasteiger partial charge in [-0.3, -0.25) is 0 Å². The van der Waals surface area contributed by atoms with Crippen LogP contribution in [0.2, 0.25) is 0 Å². The minimum absolute atomic E-state index is 0.0570. The predicted molar refractivity (Wildman–Crippen MR) is 62.4 cm³/mol. The van der Waals surface area contributed by atoms with E-state index >= 15 is 0 Å². The number of nitrogens with two attached hydrogens (primary N) is 1. The lowest BCUT2D eigenvalue weighted by molar-refractivity contribution is 0.393. The molecule has 2 rings (SSSR count). The molecule has 0 saturated carbocycles. The summed E-state index contributed by atoms with van der Waals surface area (Å²) in [6.45, 7) is 2.37. The van der Waals surface area contributed by atoms with E-state index in [0.29, 0.717) is 11.4 Å². The van der Waals surface area contributed by atoms with Crippen LogP contribution in [0.1, 0.15) is 13.3 Å². The zero-order valence-corrected chi connectivity index (χ0v) is 10.0. The van der Waals surface area contributed by atoms with Gasteiger partial charge >= 0.3 is 0 Å². The van der Waals surface area contributed by atoms with Gasteiger partial charge in [-0.05, 0) is 25.5 Å². The molecular formula is C11H16N2O2S. The van der Waals surface area contributed by atoms with E-state index in [0.717, 1.165) is 6.42 Å². The Morgan fingerprint density at radius 2 is 1.94 bits per heavy atom. The van der Waals surface area contributed by atoms with Crippen molar-refractivity contribution < 1.29 is 8.42 Å². The average Bonchev–Trinajstić information content (AvgIpc) is 2.61. The topological polar surface area (TPSA) is 63.4 Å². The average molecular weight is 240 g/mol. The number of rotatable bonds is 2. The minimum Gasteiger partial charge on any atom is -0.326 e. The molecule has 2 atom stereocenters. The van der Waals surface area contributed by atoms with Gasteiger partial charge in [-0.1, -0.05) is 18.2 Å². The molecular weight excluding hydrogens is 224 g/mol. The molecule has 1 aromatic carbocycles. The van der Waals surface area contributed by atoms with E-state index in [1.54, 1.807) is 30.3 Å². The molecule has 1 fully saturated rings. The number of sulfonamides is 1. The monoisotopic (exact) mass is 240 g/mol. The van der Waals surface area contributed by atoms with Gasteiger partial charge in [-0.2, -0.15) is 4.31 Å². The Bertz CT molecular complexity index is 458. The Morgan fingerprint density at radius 1 is 1.31 bits per heavy atom. The first kappa shape index (κ1) is 11.6. The van der Waals surface area contributed by atoms with Crippen molar-refractivity contribution in [2.45, 2.75) is 30.3 Å². The van der Waals surface area contributed by atoms with Crippen LogP contribution in [-0.2, 0) is 10.0 Å². The molecule has 0 amide bonds. The Kier molecular flexibility index (Phi) is 3.01. The third kappa shape index (κ3) is 1.86. The fourth-order valence-corrected chi connectivity index (χ4v) is 3.71. The minimum atomic E-state index is -3.37. The molecule has 88 valence electrons. The van der Waals surface area contributed by atoms with Crippen LogP contribution in [0.3, 0.4) is 0 Å². The van der Waals surface area contributed by atoms with Crippen LogP contribution in [0, 0.1) is 0 Å². The SMILES string of the molecule is CC1C(N)CCN1S(=O)(=O)c1ccccc1. The third-order valence-electron chi connectivity index (χ3n) is 3.11. The van der Waals surface area contributed by atoms with Crippen molar-refractivity contribution in [3.05, 3.63) is 30.3 Å². The van der Waals surface area contributed by atoms with Gasteiger partial charge < -0.3 is 5.73 Å². The van der Waals surface area contributed by atoms with E-state index in [9.17, 15) is 8.42 Å². The van der Waals surface area contributed by atoms with Crippen molar-refractivity contribution >= 4 is 10.0 Å². The lowest BCUT2D eigenvalue weighted by Gasteiger charge is -2.22. The van der Waals surface area contributed by atoms with Gasteiger partial charge in [-0.15, -0.1) is 0 Å². The van der Waals surface area contributed by atoms with Crippen molar-refractivity contribution in [3.8, 4) is 0 Å². The molecule has 0 aliphatic carbocycles. The summed E-state index contributed by atoms with van der Waals surface area (Å²) in [7, 11) is -3.37. The molecule has 4 nitrogen and oxygen atoms in total. The summed E-state index contributed by atoms with van der Waals surface area (Å²) in [5.41, 5.74) is 5.84. The summed E-state index contributed by atoms with van der Waals surface area (Å²) in [5, 5.41) is 0. The van der Waals surface area contributed by atoms with Crippen LogP contribution in [0.15, 0.2) is 35.2 Å². The first-order valence-corrected chi connectivity index (χ1v) is 6.80.